The minimum Gasteiger partial charge on any atom is -0.504 e. The van der Waals surface area contributed by atoms with E-state index >= 15 is 0 Å². The Labute approximate surface area is 180 Å². The lowest BCUT2D eigenvalue weighted by Crippen LogP contribution is -2.06. The first-order valence-corrected chi connectivity index (χ1v) is 11.7. The summed E-state index contributed by atoms with van der Waals surface area (Å²) >= 11 is 0. The highest BCUT2D eigenvalue weighted by Crippen LogP contribution is 2.55. The van der Waals surface area contributed by atoms with E-state index in [1.54, 1.807) is 0 Å². The number of benzene rings is 2. The van der Waals surface area contributed by atoms with Gasteiger partial charge in [-0.15, -0.1) is 0 Å². The third-order valence-electron chi connectivity index (χ3n) is 5.88. The van der Waals surface area contributed by atoms with Crippen LogP contribution < -0.4 is 9.47 Å². The topological polar surface area (TPSA) is 58.9 Å². The molecule has 0 saturated heterocycles. The zero-order valence-corrected chi connectivity index (χ0v) is 18.5. The lowest BCUT2D eigenvalue weighted by Gasteiger charge is -2.26. The minimum absolute atomic E-state index is 0.0456. The molecule has 2 N–H and O–H groups in total. The van der Waals surface area contributed by atoms with Gasteiger partial charge < -0.3 is 19.7 Å². The van der Waals surface area contributed by atoms with Gasteiger partial charge in [0.05, 0.1) is 0 Å². The van der Waals surface area contributed by atoms with Crippen molar-refractivity contribution >= 4 is 0 Å². The Morgan fingerprint density at radius 1 is 0.600 bits per heavy atom. The average Bonchev–Trinajstić information content (AvgIpc) is 2.76. The Morgan fingerprint density at radius 2 is 1.00 bits per heavy atom. The smallest absolute Gasteiger partial charge is 0.177 e. The summed E-state index contributed by atoms with van der Waals surface area (Å²) in [4.78, 5) is 0. The van der Waals surface area contributed by atoms with Crippen LogP contribution in [0.4, 0.5) is 0 Å². The van der Waals surface area contributed by atoms with E-state index in [0.29, 0.717) is 47.0 Å². The summed E-state index contributed by atoms with van der Waals surface area (Å²) in [6.07, 6.45) is 12.6. The maximum atomic E-state index is 10.8. The first-order chi connectivity index (χ1) is 14.7. The fourth-order valence-electron chi connectivity index (χ4n) is 4.10. The molecule has 0 unspecified atom stereocenters. The Balaban J connectivity index is 1.86. The molecule has 0 aliphatic carbocycles. The lowest BCUT2D eigenvalue weighted by atomic mass is 9.96. The third-order valence-corrected chi connectivity index (χ3v) is 5.88. The molecule has 0 radical (unpaired) electrons. The van der Waals surface area contributed by atoms with E-state index in [-0.39, 0.29) is 11.5 Å². The normalized spacial score (nSPS) is 12.1. The highest BCUT2D eigenvalue weighted by Gasteiger charge is 2.30. The van der Waals surface area contributed by atoms with Crippen LogP contribution in [0.25, 0.3) is 0 Å². The molecule has 0 aromatic heterocycles. The first kappa shape index (κ1) is 22.3. The summed E-state index contributed by atoms with van der Waals surface area (Å²) in [6.45, 7) is 4.40. The monoisotopic (exact) mass is 412 g/mol. The molecule has 1 aliphatic rings. The SMILES string of the molecule is CCCCCCCc1c(O)c(O)c(CCCCCCC)c2c1Oc1ccccc1O2. The number of aromatic hydroxyl groups is 2. The number of para-hydroxylation sites is 2. The number of hydrogen-bond donors (Lipinski definition) is 2. The fraction of sp³-hybridized carbons (Fsp3) is 0.538. The zero-order valence-electron chi connectivity index (χ0n) is 18.5. The van der Waals surface area contributed by atoms with Crippen molar-refractivity contribution in [2.24, 2.45) is 0 Å². The van der Waals surface area contributed by atoms with Crippen molar-refractivity contribution in [3.63, 3.8) is 0 Å². The summed E-state index contributed by atoms with van der Waals surface area (Å²) < 4.78 is 12.4. The van der Waals surface area contributed by atoms with Gasteiger partial charge >= 0.3 is 0 Å². The van der Waals surface area contributed by atoms with E-state index < -0.39 is 0 Å². The van der Waals surface area contributed by atoms with Gasteiger partial charge in [-0.1, -0.05) is 77.3 Å². The van der Waals surface area contributed by atoms with Gasteiger partial charge in [0.2, 0.25) is 0 Å². The second kappa shape index (κ2) is 11.1. The van der Waals surface area contributed by atoms with Gasteiger partial charge in [0.1, 0.15) is 0 Å². The molecule has 3 rings (SSSR count). The van der Waals surface area contributed by atoms with Crippen molar-refractivity contribution in [2.75, 3.05) is 0 Å². The summed E-state index contributed by atoms with van der Waals surface area (Å²) in [5.74, 6) is 2.35. The van der Waals surface area contributed by atoms with Crippen molar-refractivity contribution < 1.29 is 19.7 Å². The predicted octanol–water partition coefficient (Wildman–Crippen LogP) is 8.02. The molecule has 1 heterocycles. The second-order valence-electron chi connectivity index (χ2n) is 8.29. The van der Waals surface area contributed by atoms with Crippen LogP contribution in [0.15, 0.2) is 24.3 Å². The van der Waals surface area contributed by atoms with Crippen LogP contribution in [0.5, 0.6) is 34.5 Å². The Bertz CT molecular complexity index is 760. The summed E-state index contributed by atoms with van der Waals surface area (Å²) in [5, 5.41) is 21.7. The molecule has 2 aromatic carbocycles. The lowest BCUT2D eigenvalue weighted by molar-refractivity contribution is 0.334. The van der Waals surface area contributed by atoms with Crippen LogP contribution >= 0.6 is 0 Å². The molecule has 1 aliphatic heterocycles. The minimum atomic E-state index is -0.0456. The zero-order chi connectivity index (χ0) is 21.3. The van der Waals surface area contributed by atoms with Gasteiger partial charge in [0.25, 0.3) is 0 Å². The number of phenolic OH excluding ortho intramolecular Hbond substituents is 2. The molecule has 0 bridgehead atoms. The van der Waals surface area contributed by atoms with Gasteiger partial charge in [-0.3, -0.25) is 0 Å². The molecular weight excluding hydrogens is 376 g/mol. The van der Waals surface area contributed by atoms with Gasteiger partial charge in [0, 0.05) is 11.1 Å². The van der Waals surface area contributed by atoms with Crippen molar-refractivity contribution in [1.82, 2.24) is 0 Å². The van der Waals surface area contributed by atoms with Crippen molar-refractivity contribution in [1.29, 1.82) is 0 Å². The van der Waals surface area contributed by atoms with Crippen molar-refractivity contribution in [3.05, 3.63) is 35.4 Å². The van der Waals surface area contributed by atoms with Gasteiger partial charge in [0.15, 0.2) is 34.5 Å². The fourth-order valence-corrected chi connectivity index (χ4v) is 4.10. The molecule has 164 valence electrons. The summed E-state index contributed by atoms with van der Waals surface area (Å²) in [5.41, 5.74) is 1.31. The van der Waals surface area contributed by atoms with E-state index in [0.717, 1.165) is 25.7 Å². The van der Waals surface area contributed by atoms with Crippen LogP contribution in [0.1, 0.15) is 89.2 Å². The second-order valence-corrected chi connectivity index (χ2v) is 8.29. The van der Waals surface area contributed by atoms with E-state index in [9.17, 15) is 10.2 Å². The first-order valence-electron chi connectivity index (χ1n) is 11.7. The van der Waals surface area contributed by atoms with Crippen molar-refractivity contribution in [3.8, 4) is 34.5 Å². The molecule has 4 nitrogen and oxygen atoms in total. The molecule has 0 amide bonds. The third kappa shape index (κ3) is 5.21. The van der Waals surface area contributed by atoms with Crippen LogP contribution in [0.3, 0.4) is 0 Å². The van der Waals surface area contributed by atoms with E-state index in [2.05, 4.69) is 13.8 Å². The average molecular weight is 413 g/mol. The Morgan fingerprint density at radius 3 is 1.40 bits per heavy atom. The largest absolute Gasteiger partial charge is 0.504 e. The maximum absolute atomic E-state index is 10.8. The highest BCUT2D eigenvalue weighted by molar-refractivity contribution is 5.69. The van der Waals surface area contributed by atoms with Gasteiger partial charge in [-0.25, -0.2) is 0 Å². The standard InChI is InChI=1S/C26H36O4/c1-3-5-7-9-11-15-19-23(27)24(28)20(16-12-10-8-6-4-2)26-25(19)29-21-17-13-14-18-22(21)30-26/h13-14,17-18,27-28H,3-12,15-16H2,1-2H3. The number of fused-ring (bicyclic) bond motifs is 2. The van der Waals surface area contributed by atoms with Crippen LogP contribution in [0.2, 0.25) is 0 Å². The molecule has 0 saturated carbocycles. The number of unbranched alkanes of at least 4 members (excludes halogenated alkanes) is 8. The molecule has 4 heteroatoms. The number of hydrogen-bond acceptors (Lipinski definition) is 4. The Hall–Kier alpha value is -2.36. The molecule has 2 aromatic rings. The Kier molecular flexibility index (Phi) is 8.30. The van der Waals surface area contributed by atoms with Crippen LogP contribution in [-0.4, -0.2) is 10.2 Å². The van der Waals surface area contributed by atoms with Gasteiger partial charge in [-0.05, 0) is 37.8 Å². The number of phenols is 2. The molecule has 0 atom stereocenters. The van der Waals surface area contributed by atoms with E-state index in [1.165, 1.54) is 38.5 Å². The molecule has 0 spiro atoms. The predicted molar refractivity (Wildman–Crippen MR) is 121 cm³/mol. The summed E-state index contributed by atoms with van der Waals surface area (Å²) in [6, 6.07) is 7.56. The molecule has 30 heavy (non-hydrogen) atoms. The highest BCUT2D eigenvalue weighted by atomic mass is 16.6. The molecule has 0 fully saturated rings. The van der Waals surface area contributed by atoms with E-state index in [4.69, 9.17) is 9.47 Å². The summed E-state index contributed by atoms with van der Waals surface area (Å²) in [7, 11) is 0. The number of ether oxygens (including phenoxy) is 2. The quantitative estimate of drug-likeness (QED) is 0.233. The van der Waals surface area contributed by atoms with Crippen LogP contribution in [0, 0.1) is 0 Å². The number of rotatable bonds is 12. The van der Waals surface area contributed by atoms with Crippen molar-refractivity contribution in [2.45, 2.75) is 90.9 Å². The van der Waals surface area contributed by atoms with Crippen LogP contribution in [-0.2, 0) is 12.8 Å². The maximum Gasteiger partial charge on any atom is 0.177 e. The molecular formula is C26H36O4. The van der Waals surface area contributed by atoms with Gasteiger partial charge in [-0.2, -0.15) is 0 Å². The van der Waals surface area contributed by atoms with E-state index in [1.807, 2.05) is 24.3 Å².